The van der Waals surface area contributed by atoms with E-state index in [-0.39, 0.29) is 12.0 Å². The maximum absolute atomic E-state index is 13.5. The van der Waals surface area contributed by atoms with Gasteiger partial charge in [0.1, 0.15) is 5.60 Å². The van der Waals surface area contributed by atoms with Crippen LogP contribution in [0.15, 0.2) is 77.7 Å². The van der Waals surface area contributed by atoms with Crippen LogP contribution in [0.5, 0.6) is 0 Å². The number of piperazine rings is 1. The monoisotopic (exact) mass is 529 g/mol. The number of rotatable bonds is 5. The summed E-state index contributed by atoms with van der Waals surface area (Å²) < 4.78 is 5.51. The minimum absolute atomic E-state index is 0.0303. The summed E-state index contributed by atoms with van der Waals surface area (Å²) in [6, 6.07) is 24.8. The number of nitrogens with zero attached hydrogens (tertiary/aromatic N) is 3. The highest BCUT2D eigenvalue weighted by Gasteiger charge is 2.28. The van der Waals surface area contributed by atoms with Gasteiger partial charge in [0.15, 0.2) is 0 Å². The summed E-state index contributed by atoms with van der Waals surface area (Å²) in [7, 11) is 0. The number of thioether (sulfide) groups is 1. The lowest BCUT2D eigenvalue weighted by atomic mass is 10.1. The van der Waals surface area contributed by atoms with Crippen LogP contribution in [0.1, 0.15) is 42.3 Å². The molecule has 3 aromatic carbocycles. The second kappa shape index (κ2) is 11.1. The molecule has 1 saturated heterocycles. The summed E-state index contributed by atoms with van der Waals surface area (Å²) in [5, 5.41) is 0. The van der Waals surface area contributed by atoms with Crippen LogP contribution in [-0.4, -0.2) is 55.2 Å². The molecule has 5 rings (SSSR count). The van der Waals surface area contributed by atoms with Crippen LogP contribution in [0.3, 0.4) is 0 Å². The highest BCUT2D eigenvalue weighted by atomic mass is 32.2. The first-order valence-electron chi connectivity index (χ1n) is 13.2. The standard InChI is InChI=1S/C31H35N3O3S/c1-31(2,3)37-30(36)33-18-16-32(17-19-33)26-11-7-10-25(20-26)29(35)34-15-14-24-21-27(12-13-28(24)34)38-22-23-8-5-4-6-9-23/h4-13,20-21H,14-19,22H2,1-3H3. The van der Waals surface area contributed by atoms with Crippen molar-refractivity contribution in [1.82, 2.24) is 4.90 Å². The van der Waals surface area contributed by atoms with Gasteiger partial charge in [0.05, 0.1) is 0 Å². The van der Waals surface area contributed by atoms with E-state index in [1.165, 1.54) is 16.0 Å². The van der Waals surface area contributed by atoms with E-state index < -0.39 is 5.60 Å². The Morgan fingerprint density at radius 1 is 0.868 bits per heavy atom. The summed E-state index contributed by atoms with van der Waals surface area (Å²) in [5.74, 6) is 0.962. The minimum atomic E-state index is -0.500. The Balaban J connectivity index is 1.22. The quantitative estimate of drug-likeness (QED) is 0.366. The average Bonchev–Trinajstić information content (AvgIpc) is 3.34. The maximum atomic E-state index is 13.5. The van der Waals surface area contributed by atoms with Crippen molar-refractivity contribution >= 4 is 35.1 Å². The van der Waals surface area contributed by atoms with E-state index in [2.05, 4.69) is 47.4 Å². The van der Waals surface area contributed by atoms with E-state index in [0.29, 0.717) is 38.3 Å². The van der Waals surface area contributed by atoms with Crippen molar-refractivity contribution in [2.24, 2.45) is 0 Å². The smallest absolute Gasteiger partial charge is 0.410 e. The Kier molecular flexibility index (Phi) is 7.65. The van der Waals surface area contributed by atoms with E-state index in [0.717, 1.165) is 23.5 Å². The second-order valence-corrected chi connectivity index (χ2v) is 11.8. The molecule has 2 heterocycles. The Hall–Kier alpha value is -3.45. The molecule has 7 heteroatoms. The van der Waals surface area contributed by atoms with Gasteiger partial charge in [-0.05, 0) is 74.7 Å². The fourth-order valence-electron chi connectivity index (χ4n) is 4.88. The SMILES string of the molecule is CC(C)(C)OC(=O)N1CCN(c2cccc(C(=O)N3CCc4cc(SCc5ccccc5)ccc43)c2)CC1. The van der Waals surface area contributed by atoms with Crippen molar-refractivity contribution in [2.45, 2.75) is 43.4 Å². The van der Waals surface area contributed by atoms with Crippen molar-refractivity contribution in [1.29, 1.82) is 0 Å². The summed E-state index contributed by atoms with van der Waals surface area (Å²) in [4.78, 5) is 33.1. The van der Waals surface area contributed by atoms with E-state index in [4.69, 9.17) is 4.74 Å². The van der Waals surface area contributed by atoms with E-state index in [1.54, 1.807) is 4.90 Å². The molecule has 0 aliphatic carbocycles. The van der Waals surface area contributed by atoms with Gasteiger partial charge in [-0.2, -0.15) is 0 Å². The lowest BCUT2D eigenvalue weighted by Gasteiger charge is -2.36. The summed E-state index contributed by atoms with van der Waals surface area (Å²) in [6.07, 6.45) is 0.600. The number of carbonyl (C=O) groups excluding carboxylic acids is 2. The normalized spacial score (nSPS) is 15.4. The van der Waals surface area contributed by atoms with Gasteiger partial charge in [-0.1, -0.05) is 36.4 Å². The lowest BCUT2D eigenvalue weighted by Crippen LogP contribution is -2.50. The number of ether oxygens (including phenoxy) is 1. The molecule has 0 bridgehead atoms. The average molecular weight is 530 g/mol. The molecule has 38 heavy (non-hydrogen) atoms. The number of hydrogen-bond donors (Lipinski definition) is 0. The molecule has 0 aromatic heterocycles. The Labute approximate surface area is 229 Å². The van der Waals surface area contributed by atoms with Gasteiger partial charge < -0.3 is 19.4 Å². The first-order chi connectivity index (χ1) is 18.3. The highest BCUT2D eigenvalue weighted by Crippen LogP contribution is 2.34. The van der Waals surface area contributed by atoms with Crippen LogP contribution in [0.4, 0.5) is 16.2 Å². The number of hydrogen-bond acceptors (Lipinski definition) is 5. The van der Waals surface area contributed by atoms with E-state index in [1.807, 2.05) is 67.8 Å². The number of anilines is 2. The Morgan fingerprint density at radius 2 is 1.63 bits per heavy atom. The van der Waals surface area contributed by atoms with E-state index in [9.17, 15) is 9.59 Å². The predicted octanol–water partition coefficient (Wildman–Crippen LogP) is 6.24. The zero-order valence-corrected chi connectivity index (χ0v) is 23.2. The van der Waals surface area contributed by atoms with Crippen LogP contribution < -0.4 is 9.80 Å². The molecule has 3 aromatic rings. The molecule has 0 radical (unpaired) electrons. The molecular formula is C31H35N3O3S. The van der Waals surface area contributed by atoms with Gasteiger partial charge >= 0.3 is 6.09 Å². The van der Waals surface area contributed by atoms with Crippen LogP contribution in [0.25, 0.3) is 0 Å². The minimum Gasteiger partial charge on any atom is -0.444 e. The lowest BCUT2D eigenvalue weighted by molar-refractivity contribution is 0.0240. The molecule has 0 atom stereocenters. The van der Waals surface area contributed by atoms with Gasteiger partial charge in [0.25, 0.3) is 5.91 Å². The van der Waals surface area contributed by atoms with Crippen molar-refractivity contribution < 1.29 is 14.3 Å². The first-order valence-corrected chi connectivity index (χ1v) is 14.2. The first kappa shape index (κ1) is 26.2. The largest absolute Gasteiger partial charge is 0.444 e. The molecule has 2 aliphatic heterocycles. The van der Waals surface area contributed by atoms with Crippen molar-refractivity contribution in [2.75, 3.05) is 42.5 Å². The van der Waals surface area contributed by atoms with Crippen LogP contribution in [0.2, 0.25) is 0 Å². The fraction of sp³-hybridized carbons (Fsp3) is 0.355. The van der Waals surface area contributed by atoms with Crippen LogP contribution in [-0.2, 0) is 16.9 Å². The molecule has 2 amide bonds. The molecule has 0 unspecified atom stereocenters. The third-order valence-electron chi connectivity index (χ3n) is 6.83. The highest BCUT2D eigenvalue weighted by molar-refractivity contribution is 7.98. The number of fused-ring (bicyclic) bond motifs is 1. The summed E-state index contributed by atoms with van der Waals surface area (Å²) in [6.45, 7) is 8.93. The van der Waals surface area contributed by atoms with Gasteiger partial charge in [-0.3, -0.25) is 4.79 Å². The number of benzene rings is 3. The van der Waals surface area contributed by atoms with Crippen LogP contribution in [0, 0.1) is 0 Å². The Morgan fingerprint density at radius 3 is 2.37 bits per heavy atom. The van der Waals surface area contributed by atoms with Gasteiger partial charge in [-0.25, -0.2) is 4.79 Å². The molecule has 0 saturated carbocycles. The van der Waals surface area contributed by atoms with Crippen molar-refractivity contribution in [3.8, 4) is 0 Å². The number of carbonyl (C=O) groups is 2. The van der Waals surface area contributed by atoms with Gasteiger partial charge in [-0.15, -0.1) is 11.8 Å². The molecule has 198 valence electrons. The van der Waals surface area contributed by atoms with Crippen LogP contribution >= 0.6 is 11.8 Å². The molecule has 1 fully saturated rings. The van der Waals surface area contributed by atoms with Gasteiger partial charge in [0, 0.05) is 60.3 Å². The van der Waals surface area contributed by atoms with Gasteiger partial charge in [0.2, 0.25) is 0 Å². The molecule has 0 N–H and O–H groups in total. The molecule has 0 spiro atoms. The number of amides is 2. The third-order valence-corrected chi connectivity index (χ3v) is 7.89. The zero-order valence-electron chi connectivity index (χ0n) is 22.4. The Bertz CT molecular complexity index is 1300. The topological polar surface area (TPSA) is 53.1 Å². The third kappa shape index (κ3) is 6.16. The van der Waals surface area contributed by atoms with Crippen molar-refractivity contribution in [3.05, 3.63) is 89.5 Å². The molecular weight excluding hydrogens is 494 g/mol. The molecule has 6 nitrogen and oxygen atoms in total. The fourth-order valence-corrected chi connectivity index (χ4v) is 5.80. The summed E-state index contributed by atoms with van der Waals surface area (Å²) >= 11 is 1.83. The second-order valence-electron chi connectivity index (χ2n) is 10.8. The molecule has 2 aliphatic rings. The summed E-state index contributed by atoms with van der Waals surface area (Å²) in [5.41, 5.74) is 4.74. The maximum Gasteiger partial charge on any atom is 0.410 e. The van der Waals surface area contributed by atoms with Crippen molar-refractivity contribution in [3.63, 3.8) is 0 Å². The van der Waals surface area contributed by atoms with E-state index >= 15 is 0 Å². The predicted molar refractivity (Wildman–Crippen MR) is 154 cm³/mol. The zero-order chi connectivity index (χ0) is 26.7.